The van der Waals surface area contributed by atoms with E-state index in [1.54, 1.807) is 0 Å². The van der Waals surface area contributed by atoms with Crippen molar-refractivity contribution < 1.29 is 4.57 Å². The van der Waals surface area contributed by atoms with Crippen LogP contribution in [0.1, 0.15) is 55.9 Å². The second-order valence-corrected chi connectivity index (χ2v) is 8.50. The number of hydrogen-bond acceptors (Lipinski definition) is 0. The molecule has 1 heteroatoms. The van der Waals surface area contributed by atoms with Crippen molar-refractivity contribution in [3.05, 3.63) is 64.8 Å². The van der Waals surface area contributed by atoms with Gasteiger partial charge in [-0.25, -0.2) is 4.57 Å². The molecule has 0 bridgehead atoms. The van der Waals surface area contributed by atoms with Gasteiger partial charge in [0.1, 0.15) is 7.05 Å². The first-order valence-corrected chi connectivity index (χ1v) is 9.80. The summed E-state index contributed by atoms with van der Waals surface area (Å²) in [5.74, 6) is 1.22. The lowest BCUT2D eigenvalue weighted by Crippen LogP contribution is -2.30. The lowest BCUT2D eigenvalue weighted by molar-refractivity contribution is -0.659. The predicted octanol–water partition coefficient (Wildman–Crippen LogP) is 6.27. The molecule has 26 heavy (non-hydrogen) atoms. The molecule has 0 spiro atoms. The van der Waals surface area contributed by atoms with Crippen molar-refractivity contribution in [3.8, 4) is 11.3 Å². The molecule has 0 fully saturated rings. The molecular weight excluding hydrogens is 314 g/mol. The first kappa shape index (κ1) is 18.6. The van der Waals surface area contributed by atoms with Gasteiger partial charge >= 0.3 is 0 Å². The molecule has 0 N–H and O–H groups in total. The zero-order chi connectivity index (χ0) is 19.0. The second-order valence-electron chi connectivity index (χ2n) is 8.50. The Hall–Kier alpha value is -2.15. The predicted molar refractivity (Wildman–Crippen MR) is 113 cm³/mol. The molecule has 3 rings (SSSR count). The van der Waals surface area contributed by atoms with Crippen LogP contribution >= 0.6 is 0 Å². The van der Waals surface area contributed by atoms with Gasteiger partial charge in [0.25, 0.3) is 0 Å². The number of aryl methyl sites for hydroxylation is 2. The molecular formula is C25H32N+. The molecule has 1 nitrogen and oxygen atoms in total. The molecule has 1 aromatic heterocycles. The van der Waals surface area contributed by atoms with Crippen LogP contribution in [0.2, 0.25) is 0 Å². The first-order chi connectivity index (χ1) is 12.3. The molecule has 0 aliphatic heterocycles. The molecule has 0 saturated heterocycles. The monoisotopic (exact) mass is 346 g/mol. The fourth-order valence-corrected chi connectivity index (χ4v) is 3.75. The van der Waals surface area contributed by atoms with E-state index in [4.69, 9.17) is 0 Å². The van der Waals surface area contributed by atoms with E-state index < -0.39 is 0 Å². The highest BCUT2D eigenvalue weighted by Gasteiger charge is 2.17. The Balaban J connectivity index is 2.20. The number of hydrogen-bond donors (Lipinski definition) is 0. The van der Waals surface area contributed by atoms with Crippen LogP contribution in [0.5, 0.6) is 0 Å². The van der Waals surface area contributed by atoms with Crippen LogP contribution in [0, 0.1) is 19.8 Å². The van der Waals surface area contributed by atoms with E-state index in [9.17, 15) is 0 Å². The number of pyridine rings is 1. The molecule has 0 aliphatic rings. The minimum Gasteiger partial charge on any atom is -0.200 e. The summed E-state index contributed by atoms with van der Waals surface area (Å²) < 4.78 is 2.27. The quantitative estimate of drug-likeness (QED) is 0.490. The summed E-state index contributed by atoms with van der Waals surface area (Å²) in [4.78, 5) is 0. The van der Waals surface area contributed by atoms with Gasteiger partial charge in [-0.1, -0.05) is 45.9 Å². The van der Waals surface area contributed by atoms with Crippen molar-refractivity contribution >= 4 is 10.8 Å². The Morgan fingerprint density at radius 1 is 0.885 bits per heavy atom. The number of aromatic nitrogens is 1. The van der Waals surface area contributed by atoms with Gasteiger partial charge in [0.05, 0.1) is 0 Å². The van der Waals surface area contributed by atoms with Crippen molar-refractivity contribution in [1.82, 2.24) is 0 Å². The highest BCUT2D eigenvalue weighted by atomic mass is 14.9. The SMILES string of the molecule is Cc1cc(C(C)C)cc(-c2cc3cc(CC(C)C)ccc3c[n+]2C)c1C. The number of benzene rings is 2. The minimum absolute atomic E-state index is 0.538. The van der Waals surface area contributed by atoms with Crippen molar-refractivity contribution in [2.75, 3.05) is 0 Å². The third kappa shape index (κ3) is 3.67. The fourth-order valence-electron chi connectivity index (χ4n) is 3.75. The summed E-state index contributed by atoms with van der Waals surface area (Å²) in [6, 6.07) is 14.0. The molecule has 0 amide bonds. The molecule has 0 radical (unpaired) electrons. The van der Waals surface area contributed by atoms with Gasteiger partial charge in [0.2, 0.25) is 5.69 Å². The van der Waals surface area contributed by atoms with E-state index in [0.717, 1.165) is 6.42 Å². The summed E-state index contributed by atoms with van der Waals surface area (Å²) in [7, 11) is 2.16. The van der Waals surface area contributed by atoms with E-state index in [1.165, 1.54) is 44.3 Å². The maximum Gasteiger partial charge on any atom is 0.213 e. The minimum atomic E-state index is 0.538. The van der Waals surface area contributed by atoms with E-state index >= 15 is 0 Å². The van der Waals surface area contributed by atoms with E-state index in [-0.39, 0.29) is 0 Å². The Labute approximate surface area is 158 Å². The van der Waals surface area contributed by atoms with Gasteiger partial charge < -0.3 is 0 Å². The van der Waals surface area contributed by atoms with Crippen LogP contribution in [-0.4, -0.2) is 0 Å². The summed E-state index contributed by atoms with van der Waals surface area (Å²) in [5, 5.41) is 2.64. The van der Waals surface area contributed by atoms with Crippen LogP contribution < -0.4 is 4.57 Å². The zero-order valence-corrected chi connectivity index (χ0v) is 17.4. The van der Waals surface area contributed by atoms with Crippen molar-refractivity contribution in [2.45, 2.75) is 53.9 Å². The summed E-state index contributed by atoms with van der Waals surface area (Å²) in [6.45, 7) is 13.6. The first-order valence-electron chi connectivity index (χ1n) is 9.80. The molecule has 136 valence electrons. The standard InChI is InChI=1S/C25H32N/c1-16(2)10-20-8-9-21-15-26(7)25(14-23(21)12-20)24-13-22(17(3)4)11-18(5)19(24)6/h8-9,11-17H,10H2,1-7H3/q+1. The summed E-state index contributed by atoms with van der Waals surface area (Å²) in [6.07, 6.45) is 3.40. The van der Waals surface area contributed by atoms with Gasteiger partial charge in [-0.3, -0.25) is 0 Å². The average Bonchev–Trinajstić information content (AvgIpc) is 2.56. The Bertz CT molecular complexity index is 948. The van der Waals surface area contributed by atoms with E-state index in [2.05, 4.69) is 95.8 Å². The largest absolute Gasteiger partial charge is 0.213 e. The molecule has 0 aliphatic carbocycles. The van der Waals surface area contributed by atoms with Crippen LogP contribution in [-0.2, 0) is 13.5 Å². The lowest BCUT2D eigenvalue weighted by atomic mass is 9.91. The molecule has 0 unspecified atom stereocenters. The van der Waals surface area contributed by atoms with Crippen LogP contribution in [0.3, 0.4) is 0 Å². The van der Waals surface area contributed by atoms with Crippen LogP contribution in [0.4, 0.5) is 0 Å². The van der Waals surface area contributed by atoms with Gasteiger partial charge in [0.15, 0.2) is 6.20 Å². The second kappa shape index (κ2) is 7.23. The van der Waals surface area contributed by atoms with Crippen molar-refractivity contribution in [3.63, 3.8) is 0 Å². The topological polar surface area (TPSA) is 3.88 Å². The molecule has 1 heterocycles. The molecule has 0 saturated carbocycles. The zero-order valence-electron chi connectivity index (χ0n) is 17.4. The van der Waals surface area contributed by atoms with E-state index in [0.29, 0.717) is 11.8 Å². The summed E-state index contributed by atoms with van der Waals surface area (Å²) in [5.41, 5.74) is 8.24. The fraction of sp³-hybridized carbons (Fsp3) is 0.400. The molecule has 0 atom stereocenters. The van der Waals surface area contributed by atoms with E-state index in [1.807, 2.05) is 0 Å². The summed E-state index contributed by atoms with van der Waals surface area (Å²) >= 11 is 0. The highest BCUT2D eigenvalue weighted by molar-refractivity contribution is 5.85. The Morgan fingerprint density at radius 2 is 1.62 bits per heavy atom. The van der Waals surface area contributed by atoms with Crippen molar-refractivity contribution in [1.29, 1.82) is 0 Å². The van der Waals surface area contributed by atoms with Gasteiger partial charge in [-0.2, -0.15) is 0 Å². The number of rotatable bonds is 4. The van der Waals surface area contributed by atoms with Crippen LogP contribution in [0.25, 0.3) is 22.0 Å². The maximum atomic E-state index is 2.38. The molecule has 2 aromatic carbocycles. The molecule has 3 aromatic rings. The number of fused-ring (bicyclic) bond motifs is 1. The third-order valence-electron chi connectivity index (χ3n) is 5.43. The smallest absolute Gasteiger partial charge is 0.200 e. The lowest BCUT2D eigenvalue weighted by Gasteiger charge is -2.14. The van der Waals surface area contributed by atoms with Gasteiger partial charge in [-0.05, 0) is 71.9 Å². The Kier molecular flexibility index (Phi) is 5.18. The van der Waals surface area contributed by atoms with Gasteiger partial charge in [0, 0.05) is 17.0 Å². The van der Waals surface area contributed by atoms with Crippen LogP contribution in [0.15, 0.2) is 42.6 Å². The normalized spacial score (nSPS) is 11.7. The highest BCUT2D eigenvalue weighted by Crippen LogP contribution is 2.30. The Morgan fingerprint density at radius 3 is 2.27 bits per heavy atom. The average molecular weight is 347 g/mol. The number of nitrogens with zero attached hydrogens (tertiary/aromatic N) is 1. The van der Waals surface area contributed by atoms with Gasteiger partial charge in [-0.15, -0.1) is 0 Å². The maximum absolute atomic E-state index is 2.38. The van der Waals surface area contributed by atoms with Crippen molar-refractivity contribution in [2.24, 2.45) is 13.0 Å². The third-order valence-corrected chi connectivity index (χ3v) is 5.43.